The van der Waals surface area contributed by atoms with Crippen molar-refractivity contribution in [1.29, 1.82) is 0 Å². The van der Waals surface area contributed by atoms with Crippen LogP contribution in [0.2, 0.25) is 5.02 Å². The number of hydrogen-bond donors (Lipinski definition) is 3. The molecule has 0 aliphatic heterocycles. The van der Waals surface area contributed by atoms with Gasteiger partial charge in [-0.2, -0.15) is 5.10 Å². The van der Waals surface area contributed by atoms with Gasteiger partial charge in [-0.25, -0.2) is 10.1 Å². The fourth-order valence-electron chi connectivity index (χ4n) is 3.13. The maximum absolute atomic E-state index is 12.3. The molecule has 0 aliphatic rings. The van der Waals surface area contributed by atoms with Crippen molar-refractivity contribution in [1.82, 2.24) is 14.9 Å². The van der Waals surface area contributed by atoms with Crippen LogP contribution in [-0.4, -0.2) is 39.9 Å². The molecule has 0 saturated heterocycles. The minimum Gasteiger partial charge on any atom is -0.497 e. The molecule has 0 saturated carbocycles. The Hall–Kier alpha value is -4.22. The van der Waals surface area contributed by atoms with Crippen molar-refractivity contribution in [2.75, 3.05) is 29.4 Å². The maximum atomic E-state index is 12.3. The van der Waals surface area contributed by atoms with Gasteiger partial charge in [0, 0.05) is 27.9 Å². The summed E-state index contributed by atoms with van der Waals surface area (Å²) in [6.07, 6.45) is 1.59. The predicted molar refractivity (Wildman–Crippen MR) is 146 cm³/mol. The quantitative estimate of drug-likeness (QED) is 0.111. The number of para-hydroxylation sites is 1. The van der Waals surface area contributed by atoms with Crippen molar-refractivity contribution in [3.05, 3.63) is 88.9 Å². The minimum atomic E-state index is -0.220. The Labute approximate surface area is 222 Å². The van der Waals surface area contributed by atoms with Gasteiger partial charge in [0.15, 0.2) is 0 Å². The first-order chi connectivity index (χ1) is 18.0. The molecule has 1 heterocycles. The number of amides is 1. The molecule has 3 aromatic carbocycles. The van der Waals surface area contributed by atoms with Crippen LogP contribution in [-0.2, 0) is 11.4 Å². The predicted octanol–water partition coefficient (Wildman–Crippen LogP) is 4.41. The van der Waals surface area contributed by atoms with Crippen LogP contribution in [0.3, 0.4) is 0 Å². The number of nitrogen functional groups attached to an aromatic ring is 1. The van der Waals surface area contributed by atoms with Crippen LogP contribution in [0.5, 0.6) is 11.5 Å². The lowest BCUT2D eigenvalue weighted by Crippen LogP contribution is -2.16. The van der Waals surface area contributed by atoms with Gasteiger partial charge in [-0.15, -0.1) is 10.2 Å². The summed E-state index contributed by atoms with van der Waals surface area (Å²) in [4.78, 5) is 12.3. The highest BCUT2D eigenvalue weighted by Crippen LogP contribution is 2.22. The smallest absolute Gasteiger partial charge is 0.264 e. The standard InChI is InChI=1S/C25H24ClN7O3S/c1-35-20-10-6-9-19(13-20)29-23(34)16-37-25-32-31-24(33(25)27)30-28-14-17-7-3-5-12-22(17)36-15-18-8-2-4-11-21(18)26/h2-14H,15-16,27H2,1H3,(H,29,34)(H,30,31)/b28-14+. The van der Waals surface area contributed by atoms with Crippen molar-refractivity contribution < 1.29 is 14.3 Å². The number of halogens is 1. The zero-order chi connectivity index (χ0) is 26.0. The Bertz CT molecular complexity index is 1400. The summed E-state index contributed by atoms with van der Waals surface area (Å²) in [5.41, 5.74) is 5.02. The summed E-state index contributed by atoms with van der Waals surface area (Å²) in [7, 11) is 1.56. The van der Waals surface area contributed by atoms with E-state index in [9.17, 15) is 4.79 Å². The number of hydrogen-bond acceptors (Lipinski definition) is 9. The summed E-state index contributed by atoms with van der Waals surface area (Å²) < 4.78 is 12.3. The highest BCUT2D eigenvalue weighted by Gasteiger charge is 2.12. The zero-order valence-electron chi connectivity index (χ0n) is 19.8. The summed E-state index contributed by atoms with van der Waals surface area (Å²) in [5.74, 6) is 7.43. The van der Waals surface area contributed by atoms with Crippen LogP contribution in [0, 0.1) is 0 Å². The molecule has 0 unspecified atom stereocenters. The number of rotatable bonds is 11. The number of methoxy groups -OCH3 is 1. The summed E-state index contributed by atoms with van der Waals surface area (Å²) >= 11 is 7.36. The molecule has 12 heteroatoms. The van der Waals surface area contributed by atoms with E-state index in [0.29, 0.717) is 34.0 Å². The number of nitrogens with zero attached hydrogens (tertiary/aromatic N) is 4. The highest BCUT2D eigenvalue weighted by molar-refractivity contribution is 7.99. The molecule has 1 aromatic heterocycles. The van der Waals surface area contributed by atoms with Gasteiger partial charge in [-0.05, 0) is 30.3 Å². The number of ether oxygens (including phenoxy) is 2. The van der Waals surface area contributed by atoms with E-state index in [0.717, 1.165) is 22.9 Å². The third kappa shape index (κ3) is 7.15. The number of anilines is 2. The van der Waals surface area contributed by atoms with Gasteiger partial charge in [0.25, 0.3) is 5.95 Å². The van der Waals surface area contributed by atoms with Crippen molar-refractivity contribution in [2.24, 2.45) is 5.10 Å². The number of nitrogens with two attached hydrogens (primary N) is 1. The van der Waals surface area contributed by atoms with E-state index >= 15 is 0 Å². The molecule has 0 spiro atoms. The highest BCUT2D eigenvalue weighted by atomic mass is 35.5. The van der Waals surface area contributed by atoms with Gasteiger partial charge >= 0.3 is 0 Å². The van der Waals surface area contributed by atoms with Crippen LogP contribution in [0.15, 0.2) is 83.1 Å². The molecule has 0 fully saturated rings. The average Bonchev–Trinajstić information content (AvgIpc) is 3.26. The number of carbonyl (C=O) groups excluding carboxylic acids is 1. The van der Waals surface area contributed by atoms with Gasteiger partial charge in [0.2, 0.25) is 11.1 Å². The summed E-state index contributed by atoms with van der Waals surface area (Å²) in [6.45, 7) is 0.320. The molecule has 4 aromatic rings. The van der Waals surface area contributed by atoms with Crippen LogP contribution < -0.4 is 26.1 Å². The van der Waals surface area contributed by atoms with Gasteiger partial charge in [-0.1, -0.05) is 59.8 Å². The van der Waals surface area contributed by atoms with Crippen LogP contribution >= 0.6 is 23.4 Å². The lowest BCUT2D eigenvalue weighted by molar-refractivity contribution is -0.113. The Morgan fingerprint density at radius 2 is 1.95 bits per heavy atom. The van der Waals surface area contributed by atoms with Crippen molar-refractivity contribution in [2.45, 2.75) is 11.8 Å². The molecule has 4 rings (SSSR count). The van der Waals surface area contributed by atoms with E-state index in [-0.39, 0.29) is 17.6 Å². The van der Waals surface area contributed by atoms with E-state index in [1.807, 2.05) is 48.5 Å². The molecule has 4 N–H and O–H groups in total. The fraction of sp³-hybridized carbons (Fsp3) is 0.120. The molecular formula is C25H24ClN7O3S. The second-order valence-electron chi connectivity index (χ2n) is 7.53. The SMILES string of the molecule is COc1cccc(NC(=O)CSc2nnc(N/N=C/c3ccccc3OCc3ccccc3Cl)n2N)c1. The molecule has 0 radical (unpaired) electrons. The number of aromatic nitrogens is 3. The van der Waals surface area contributed by atoms with E-state index in [4.69, 9.17) is 26.9 Å². The Morgan fingerprint density at radius 3 is 2.78 bits per heavy atom. The molecule has 1 amide bonds. The Balaban J connectivity index is 1.31. The van der Waals surface area contributed by atoms with Gasteiger partial charge in [-0.3, -0.25) is 4.79 Å². The minimum absolute atomic E-state index is 0.0892. The number of hydrazone groups is 1. The fourth-order valence-corrected chi connectivity index (χ4v) is 3.98. The lowest BCUT2D eigenvalue weighted by atomic mass is 10.2. The maximum Gasteiger partial charge on any atom is 0.264 e. The first-order valence-electron chi connectivity index (χ1n) is 11.0. The normalized spacial score (nSPS) is 10.9. The largest absolute Gasteiger partial charge is 0.497 e. The van der Waals surface area contributed by atoms with E-state index in [1.165, 1.54) is 4.68 Å². The molecule has 37 heavy (non-hydrogen) atoms. The van der Waals surface area contributed by atoms with Gasteiger partial charge in [0.1, 0.15) is 18.1 Å². The first kappa shape index (κ1) is 25.9. The molecule has 0 bridgehead atoms. The van der Waals surface area contributed by atoms with Crippen LogP contribution in [0.4, 0.5) is 11.6 Å². The average molecular weight is 538 g/mol. The summed E-state index contributed by atoms with van der Waals surface area (Å²) in [6, 6.07) is 22.1. The number of nitrogens with one attached hydrogen (secondary N) is 2. The Morgan fingerprint density at radius 1 is 1.14 bits per heavy atom. The van der Waals surface area contributed by atoms with E-state index < -0.39 is 0 Å². The lowest BCUT2D eigenvalue weighted by Gasteiger charge is -2.10. The van der Waals surface area contributed by atoms with E-state index in [2.05, 4.69) is 26.0 Å². The van der Waals surface area contributed by atoms with Gasteiger partial charge < -0.3 is 20.6 Å². The van der Waals surface area contributed by atoms with Crippen LogP contribution in [0.1, 0.15) is 11.1 Å². The molecule has 0 aliphatic carbocycles. The third-order valence-electron chi connectivity index (χ3n) is 4.98. The monoisotopic (exact) mass is 537 g/mol. The van der Waals surface area contributed by atoms with Gasteiger partial charge in [0.05, 0.1) is 19.1 Å². The number of carbonyl (C=O) groups is 1. The molecule has 190 valence electrons. The van der Waals surface area contributed by atoms with Crippen LogP contribution in [0.25, 0.3) is 0 Å². The molecular weight excluding hydrogens is 514 g/mol. The third-order valence-corrected chi connectivity index (χ3v) is 6.29. The first-order valence-corrected chi connectivity index (χ1v) is 12.4. The summed E-state index contributed by atoms with van der Waals surface area (Å²) in [5, 5.41) is 16.0. The second kappa shape index (κ2) is 12.7. The van der Waals surface area contributed by atoms with E-state index in [1.54, 1.807) is 37.6 Å². The zero-order valence-corrected chi connectivity index (χ0v) is 21.4. The van der Waals surface area contributed by atoms with Crippen molar-refractivity contribution in [3.63, 3.8) is 0 Å². The van der Waals surface area contributed by atoms with Crippen molar-refractivity contribution in [3.8, 4) is 11.5 Å². The molecule has 10 nitrogen and oxygen atoms in total. The topological polar surface area (TPSA) is 129 Å². The number of thioether (sulfide) groups is 1. The number of benzene rings is 3. The second-order valence-corrected chi connectivity index (χ2v) is 8.88. The Kier molecular flexibility index (Phi) is 8.84. The molecule has 0 atom stereocenters. The van der Waals surface area contributed by atoms with Crippen molar-refractivity contribution >= 4 is 47.1 Å².